The predicted octanol–water partition coefficient (Wildman–Crippen LogP) is 4.90. The molecule has 0 bridgehead atoms. The number of ketones is 1. The van der Waals surface area contributed by atoms with E-state index >= 15 is 0 Å². The summed E-state index contributed by atoms with van der Waals surface area (Å²) in [7, 11) is 0. The SMILES string of the molecule is Cc1ccc(C(=O)CSc2cccc(Cl)c2)c(F)c1F. The van der Waals surface area contributed by atoms with Gasteiger partial charge in [0.2, 0.25) is 0 Å². The minimum Gasteiger partial charge on any atom is -0.293 e. The maximum absolute atomic E-state index is 13.7. The van der Waals surface area contributed by atoms with Gasteiger partial charge in [-0.2, -0.15) is 0 Å². The molecule has 0 saturated heterocycles. The van der Waals surface area contributed by atoms with E-state index in [0.29, 0.717) is 5.02 Å². The Labute approximate surface area is 125 Å². The zero-order valence-corrected chi connectivity index (χ0v) is 12.2. The predicted molar refractivity (Wildman–Crippen MR) is 77.6 cm³/mol. The van der Waals surface area contributed by atoms with E-state index in [9.17, 15) is 13.6 Å². The van der Waals surface area contributed by atoms with Crippen molar-refractivity contribution in [2.24, 2.45) is 0 Å². The molecule has 0 saturated carbocycles. The van der Waals surface area contributed by atoms with Crippen molar-refractivity contribution in [2.45, 2.75) is 11.8 Å². The fourth-order valence-corrected chi connectivity index (χ4v) is 2.74. The van der Waals surface area contributed by atoms with Crippen LogP contribution in [0, 0.1) is 18.6 Å². The molecule has 2 rings (SSSR count). The first kappa shape index (κ1) is 15.0. The topological polar surface area (TPSA) is 17.1 Å². The third-order valence-electron chi connectivity index (χ3n) is 2.74. The van der Waals surface area contributed by atoms with Crippen LogP contribution in [0.3, 0.4) is 0 Å². The lowest BCUT2D eigenvalue weighted by molar-refractivity contribution is 0.101. The molecule has 0 aliphatic carbocycles. The minimum absolute atomic E-state index is 0.0275. The van der Waals surface area contributed by atoms with Gasteiger partial charge in [0.25, 0.3) is 0 Å². The third kappa shape index (κ3) is 3.38. The fraction of sp³-hybridized carbons (Fsp3) is 0.133. The standard InChI is InChI=1S/C15H11ClF2OS/c1-9-5-6-12(15(18)14(9)17)13(19)8-20-11-4-2-3-10(16)7-11/h2-7H,8H2,1H3. The van der Waals surface area contributed by atoms with Gasteiger partial charge in [-0.15, -0.1) is 11.8 Å². The monoisotopic (exact) mass is 312 g/mol. The fourth-order valence-electron chi connectivity index (χ4n) is 1.64. The number of hydrogen-bond acceptors (Lipinski definition) is 2. The summed E-state index contributed by atoms with van der Waals surface area (Å²) in [4.78, 5) is 12.7. The molecule has 0 aliphatic heterocycles. The third-order valence-corrected chi connectivity index (χ3v) is 3.97. The summed E-state index contributed by atoms with van der Waals surface area (Å²) < 4.78 is 27.1. The van der Waals surface area contributed by atoms with Gasteiger partial charge >= 0.3 is 0 Å². The molecule has 0 atom stereocenters. The summed E-state index contributed by atoms with van der Waals surface area (Å²) in [5, 5.41) is 0.565. The van der Waals surface area contributed by atoms with E-state index in [4.69, 9.17) is 11.6 Å². The van der Waals surface area contributed by atoms with Crippen molar-refractivity contribution >= 4 is 29.1 Å². The molecule has 0 unspecified atom stereocenters. The van der Waals surface area contributed by atoms with E-state index in [1.807, 2.05) is 0 Å². The maximum atomic E-state index is 13.7. The number of hydrogen-bond donors (Lipinski definition) is 0. The minimum atomic E-state index is -1.08. The van der Waals surface area contributed by atoms with Crippen LogP contribution in [0.15, 0.2) is 41.3 Å². The van der Waals surface area contributed by atoms with Crippen LogP contribution in [-0.4, -0.2) is 11.5 Å². The second-order valence-electron chi connectivity index (χ2n) is 4.23. The van der Waals surface area contributed by atoms with Crippen LogP contribution in [0.25, 0.3) is 0 Å². The van der Waals surface area contributed by atoms with Crippen molar-refractivity contribution in [3.63, 3.8) is 0 Å². The Kier molecular flexibility index (Phi) is 4.78. The lowest BCUT2D eigenvalue weighted by atomic mass is 10.1. The van der Waals surface area contributed by atoms with Gasteiger partial charge in [-0.3, -0.25) is 4.79 Å². The van der Waals surface area contributed by atoms with Crippen LogP contribution in [-0.2, 0) is 0 Å². The van der Waals surface area contributed by atoms with E-state index in [0.717, 1.165) is 4.90 Å². The molecule has 0 amide bonds. The Morgan fingerprint density at radius 3 is 2.65 bits per heavy atom. The van der Waals surface area contributed by atoms with Crippen molar-refractivity contribution in [2.75, 3.05) is 5.75 Å². The molecular formula is C15H11ClF2OS. The molecule has 1 nitrogen and oxygen atoms in total. The number of rotatable bonds is 4. The Hall–Kier alpha value is -1.39. The van der Waals surface area contributed by atoms with Gasteiger partial charge in [0, 0.05) is 9.92 Å². The number of aryl methyl sites for hydroxylation is 1. The Balaban J connectivity index is 2.11. The van der Waals surface area contributed by atoms with Gasteiger partial charge in [0.15, 0.2) is 17.4 Å². The van der Waals surface area contributed by atoms with Gasteiger partial charge in [-0.05, 0) is 36.8 Å². The molecule has 104 valence electrons. The number of Topliss-reactive ketones (excluding diaryl/α,β-unsaturated/α-hetero) is 1. The van der Waals surface area contributed by atoms with Crippen molar-refractivity contribution in [1.82, 2.24) is 0 Å². The van der Waals surface area contributed by atoms with Crippen molar-refractivity contribution in [3.8, 4) is 0 Å². The second kappa shape index (κ2) is 6.37. The quantitative estimate of drug-likeness (QED) is 0.590. The highest BCUT2D eigenvalue weighted by molar-refractivity contribution is 8.00. The highest BCUT2D eigenvalue weighted by atomic mass is 35.5. The molecule has 0 aliphatic rings. The van der Waals surface area contributed by atoms with E-state index in [1.54, 1.807) is 24.3 Å². The van der Waals surface area contributed by atoms with Gasteiger partial charge in [-0.1, -0.05) is 23.7 Å². The highest BCUT2D eigenvalue weighted by Gasteiger charge is 2.17. The van der Waals surface area contributed by atoms with Gasteiger partial charge < -0.3 is 0 Å². The first-order chi connectivity index (χ1) is 9.49. The molecule has 0 aromatic heterocycles. The lowest BCUT2D eigenvalue weighted by Gasteiger charge is -2.05. The van der Waals surface area contributed by atoms with Crippen molar-refractivity contribution in [3.05, 3.63) is 64.2 Å². The number of thioether (sulfide) groups is 1. The lowest BCUT2D eigenvalue weighted by Crippen LogP contribution is -2.07. The zero-order valence-electron chi connectivity index (χ0n) is 10.6. The van der Waals surface area contributed by atoms with Crippen LogP contribution in [0.1, 0.15) is 15.9 Å². The number of benzene rings is 2. The number of carbonyl (C=O) groups excluding carboxylic acids is 1. The molecule has 2 aromatic carbocycles. The molecule has 0 spiro atoms. The summed E-state index contributed by atoms with van der Waals surface area (Å²) in [6.45, 7) is 1.45. The van der Waals surface area contributed by atoms with Gasteiger partial charge in [-0.25, -0.2) is 8.78 Å². The molecule has 0 N–H and O–H groups in total. The summed E-state index contributed by atoms with van der Waals surface area (Å²) in [5.74, 6) is -2.48. The molecule has 0 heterocycles. The maximum Gasteiger partial charge on any atom is 0.176 e. The van der Waals surface area contributed by atoms with E-state index < -0.39 is 17.4 Å². The Morgan fingerprint density at radius 2 is 1.95 bits per heavy atom. The average Bonchev–Trinajstić information content (AvgIpc) is 2.42. The van der Waals surface area contributed by atoms with Crippen LogP contribution in [0.4, 0.5) is 8.78 Å². The number of halogens is 3. The van der Waals surface area contributed by atoms with Crippen LogP contribution >= 0.6 is 23.4 Å². The molecular weight excluding hydrogens is 302 g/mol. The summed E-state index contributed by atoms with van der Waals surface area (Å²) in [6, 6.07) is 9.72. The van der Waals surface area contributed by atoms with E-state index in [-0.39, 0.29) is 16.9 Å². The smallest absolute Gasteiger partial charge is 0.176 e. The summed E-state index contributed by atoms with van der Waals surface area (Å²) in [5.41, 5.74) is -0.0378. The van der Waals surface area contributed by atoms with Crippen LogP contribution in [0.2, 0.25) is 5.02 Å². The summed E-state index contributed by atoms with van der Waals surface area (Å²) in [6.07, 6.45) is 0. The van der Waals surface area contributed by atoms with E-state index in [2.05, 4.69) is 0 Å². The molecule has 20 heavy (non-hydrogen) atoms. The largest absolute Gasteiger partial charge is 0.293 e. The molecule has 0 fully saturated rings. The highest BCUT2D eigenvalue weighted by Crippen LogP contribution is 2.24. The zero-order chi connectivity index (χ0) is 14.7. The molecule has 5 heteroatoms. The van der Waals surface area contributed by atoms with Gasteiger partial charge in [0.1, 0.15) is 0 Å². The second-order valence-corrected chi connectivity index (χ2v) is 5.71. The molecule has 2 aromatic rings. The Bertz CT molecular complexity index is 658. The van der Waals surface area contributed by atoms with Crippen LogP contribution in [0.5, 0.6) is 0 Å². The first-order valence-corrected chi connectivity index (χ1v) is 7.21. The van der Waals surface area contributed by atoms with Gasteiger partial charge in [0.05, 0.1) is 11.3 Å². The Morgan fingerprint density at radius 1 is 1.20 bits per heavy atom. The van der Waals surface area contributed by atoms with Crippen molar-refractivity contribution < 1.29 is 13.6 Å². The first-order valence-electron chi connectivity index (χ1n) is 5.85. The number of carbonyl (C=O) groups is 1. The van der Waals surface area contributed by atoms with Crippen LogP contribution < -0.4 is 0 Å². The average molecular weight is 313 g/mol. The normalized spacial score (nSPS) is 10.6. The summed E-state index contributed by atoms with van der Waals surface area (Å²) >= 11 is 7.07. The van der Waals surface area contributed by atoms with E-state index in [1.165, 1.54) is 30.8 Å². The molecule has 0 radical (unpaired) electrons. The van der Waals surface area contributed by atoms with Crippen molar-refractivity contribution in [1.29, 1.82) is 0 Å².